The highest BCUT2D eigenvalue weighted by Gasteiger charge is 2.67. The molecule has 0 unspecified atom stereocenters. The lowest BCUT2D eigenvalue weighted by Crippen LogP contribution is -2.57. The summed E-state index contributed by atoms with van der Waals surface area (Å²) in [5, 5.41) is 38.2. The Bertz CT molecular complexity index is 557. The van der Waals surface area contributed by atoms with Gasteiger partial charge >= 0.3 is 0 Å². The summed E-state index contributed by atoms with van der Waals surface area (Å²) >= 11 is 0. The second-order valence-electron chi connectivity index (χ2n) is 4.96. The van der Waals surface area contributed by atoms with Crippen molar-refractivity contribution >= 4 is 5.78 Å². The highest BCUT2D eigenvalue weighted by Crippen LogP contribution is 2.54. The molecule has 0 aliphatic heterocycles. The summed E-state index contributed by atoms with van der Waals surface area (Å²) in [6.45, 7) is 3.61. The van der Waals surface area contributed by atoms with E-state index in [9.17, 15) is 25.8 Å². The zero-order chi connectivity index (χ0) is 16.1. The van der Waals surface area contributed by atoms with Crippen LogP contribution in [0.5, 0.6) is 0 Å². The van der Waals surface area contributed by atoms with Gasteiger partial charge in [0.15, 0.2) is 5.41 Å². The van der Waals surface area contributed by atoms with Gasteiger partial charge in [0.2, 0.25) is 5.41 Å². The number of hydrogen-bond acceptors (Lipinski definition) is 6. The maximum atomic E-state index is 12.1. The van der Waals surface area contributed by atoms with Crippen molar-refractivity contribution in [2.75, 3.05) is 6.61 Å². The van der Waals surface area contributed by atoms with Crippen molar-refractivity contribution in [1.82, 2.24) is 0 Å². The van der Waals surface area contributed by atoms with Gasteiger partial charge in [0, 0.05) is 13.0 Å². The van der Waals surface area contributed by atoms with Crippen LogP contribution in [-0.4, -0.2) is 18.5 Å². The maximum Gasteiger partial charge on any atom is 0.201 e. The maximum absolute atomic E-state index is 12.1. The van der Waals surface area contributed by atoms with Crippen molar-refractivity contribution in [1.29, 1.82) is 21.0 Å². The van der Waals surface area contributed by atoms with Gasteiger partial charge < -0.3 is 4.74 Å². The van der Waals surface area contributed by atoms with Crippen molar-refractivity contribution in [2.24, 2.45) is 16.7 Å². The Labute approximate surface area is 124 Å². The van der Waals surface area contributed by atoms with Crippen LogP contribution < -0.4 is 0 Å². The fraction of sp³-hybridized carbons (Fsp3) is 0.667. The van der Waals surface area contributed by atoms with E-state index in [1.54, 1.807) is 26.0 Å². The zero-order valence-corrected chi connectivity index (χ0v) is 12.1. The lowest BCUT2D eigenvalue weighted by atomic mass is 9.51. The summed E-state index contributed by atoms with van der Waals surface area (Å²) in [5.41, 5.74) is -3.96. The first-order chi connectivity index (χ1) is 10.0. The normalized spacial score (nSPS) is 25.6. The summed E-state index contributed by atoms with van der Waals surface area (Å²) in [5.74, 6) is -1.21. The van der Waals surface area contributed by atoms with Gasteiger partial charge in [-0.3, -0.25) is 4.79 Å². The minimum absolute atomic E-state index is 0.155. The number of ketones is 1. The third-order valence-corrected chi connectivity index (χ3v) is 4.16. The molecule has 0 aromatic rings. The van der Waals surface area contributed by atoms with Crippen LogP contribution in [0.3, 0.4) is 0 Å². The molecule has 0 N–H and O–H groups in total. The van der Waals surface area contributed by atoms with Crippen LogP contribution in [0.15, 0.2) is 0 Å². The molecule has 0 radical (unpaired) electrons. The molecule has 0 bridgehead atoms. The smallest absolute Gasteiger partial charge is 0.201 e. The molecular weight excluding hydrogens is 268 g/mol. The van der Waals surface area contributed by atoms with E-state index in [1.165, 1.54) is 0 Å². The van der Waals surface area contributed by atoms with Gasteiger partial charge in [-0.15, -0.1) is 0 Å². The minimum atomic E-state index is -2.00. The van der Waals surface area contributed by atoms with Crippen LogP contribution in [0.4, 0.5) is 0 Å². The number of ether oxygens (including phenoxy) is 1. The van der Waals surface area contributed by atoms with Crippen LogP contribution in [0.1, 0.15) is 33.1 Å². The zero-order valence-electron chi connectivity index (χ0n) is 12.1. The predicted octanol–water partition coefficient (Wildman–Crippen LogP) is 1.85. The number of rotatable bonds is 4. The molecule has 1 aliphatic carbocycles. The Morgan fingerprint density at radius 1 is 1.05 bits per heavy atom. The van der Waals surface area contributed by atoms with Gasteiger partial charge in [0.25, 0.3) is 0 Å². The Hall–Kier alpha value is -2.41. The summed E-state index contributed by atoms with van der Waals surface area (Å²) in [6.07, 6.45) is -0.125. The van der Waals surface area contributed by atoms with Crippen LogP contribution in [0.2, 0.25) is 0 Å². The van der Waals surface area contributed by atoms with E-state index in [1.807, 2.05) is 12.1 Å². The minimum Gasteiger partial charge on any atom is -0.376 e. The first-order valence-corrected chi connectivity index (χ1v) is 6.82. The molecule has 0 aromatic heterocycles. The van der Waals surface area contributed by atoms with Gasteiger partial charge in [0.1, 0.15) is 5.78 Å². The number of nitriles is 4. The molecule has 6 heteroatoms. The van der Waals surface area contributed by atoms with Crippen molar-refractivity contribution in [3.63, 3.8) is 0 Å². The average molecular weight is 284 g/mol. The Kier molecular flexibility index (Phi) is 5.04. The standard InChI is InChI=1S/C15H16N4O2/c1-3-12(20)11-5-6-13(21-4-2)15(9-18,10-19)14(11,7-16)8-17/h11,13H,3-6H2,1-2H3/t11-,13-/m1/s1. The van der Waals surface area contributed by atoms with Gasteiger partial charge in [0.05, 0.1) is 36.3 Å². The topological polar surface area (TPSA) is 121 Å². The first kappa shape index (κ1) is 16.6. The van der Waals surface area contributed by atoms with E-state index in [0.29, 0.717) is 6.42 Å². The van der Waals surface area contributed by atoms with Crippen molar-refractivity contribution in [2.45, 2.75) is 39.2 Å². The fourth-order valence-corrected chi connectivity index (χ4v) is 3.04. The molecule has 1 fully saturated rings. The second kappa shape index (κ2) is 6.36. The van der Waals surface area contributed by atoms with Gasteiger partial charge in [-0.25, -0.2) is 0 Å². The van der Waals surface area contributed by atoms with E-state index in [2.05, 4.69) is 0 Å². The largest absolute Gasteiger partial charge is 0.376 e. The predicted molar refractivity (Wildman–Crippen MR) is 70.8 cm³/mol. The van der Waals surface area contributed by atoms with E-state index in [0.717, 1.165) is 0 Å². The summed E-state index contributed by atoms with van der Waals surface area (Å²) < 4.78 is 5.44. The Balaban J connectivity index is 3.57. The van der Waals surface area contributed by atoms with E-state index >= 15 is 0 Å². The second-order valence-corrected chi connectivity index (χ2v) is 4.96. The number of carbonyl (C=O) groups excluding carboxylic acids is 1. The van der Waals surface area contributed by atoms with Gasteiger partial charge in [-0.05, 0) is 19.8 Å². The SMILES string of the molecule is CCO[C@@H]1CC[C@H](C(=O)CC)C(C#N)(C#N)C1(C#N)C#N. The number of nitrogens with zero attached hydrogens (tertiary/aromatic N) is 4. The number of Topliss-reactive ketones (excluding diaryl/α,β-unsaturated/α-hetero) is 1. The van der Waals surface area contributed by atoms with Crippen molar-refractivity contribution < 1.29 is 9.53 Å². The quantitative estimate of drug-likeness (QED) is 0.776. The summed E-state index contributed by atoms with van der Waals surface area (Å²) in [7, 11) is 0. The third kappa shape index (κ3) is 2.15. The molecule has 108 valence electrons. The molecule has 0 aromatic carbocycles. The number of carbonyl (C=O) groups is 1. The molecule has 6 nitrogen and oxygen atoms in total. The highest BCUT2D eigenvalue weighted by atomic mass is 16.5. The molecule has 1 aliphatic rings. The fourth-order valence-electron chi connectivity index (χ4n) is 3.04. The first-order valence-electron chi connectivity index (χ1n) is 6.82. The van der Waals surface area contributed by atoms with E-state index in [-0.39, 0.29) is 25.2 Å². The molecule has 0 amide bonds. The molecular formula is C15H16N4O2. The van der Waals surface area contributed by atoms with Crippen LogP contribution in [0, 0.1) is 62.1 Å². The van der Waals surface area contributed by atoms with Crippen molar-refractivity contribution in [3.8, 4) is 24.3 Å². The molecule has 1 saturated carbocycles. The molecule has 0 saturated heterocycles. The van der Waals surface area contributed by atoms with E-state index < -0.39 is 22.9 Å². The van der Waals surface area contributed by atoms with E-state index in [4.69, 9.17) is 4.74 Å². The lowest BCUT2D eigenvalue weighted by molar-refractivity contribution is -0.133. The lowest BCUT2D eigenvalue weighted by Gasteiger charge is -2.45. The molecule has 1 rings (SSSR count). The molecule has 2 atom stereocenters. The molecule has 0 spiro atoms. The average Bonchev–Trinajstić information content (AvgIpc) is 2.53. The van der Waals surface area contributed by atoms with Gasteiger partial charge in [-0.1, -0.05) is 6.92 Å². The van der Waals surface area contributed by atoms with Gasteiger partial charge in [-0.2, -0.15) is 21.0 Å². The van der Waals surface area contributed by atoms with Crippen molar-refractivity contribution in [3.05, 3.63) is 0 Å². The summed E-state index contributed by atoms with van der Waals surface area (Å²) in [4.78, 5) is 12.1. The third-order valence-electron chi connectivity index (χ3n) is 4.16. The van der Waals surface area contributed by atoms with Crippen LogP contribution >= 0.6 is 0 Å². The molecule has 21 heavy (non-hydrogen) atoms. The molecule has 0 heterocycles. The monoisotopic (exact) mass is 284 g/mol. The number of hydrogen-bond donors (Lipinski definition) is 0. The van der Waals surface area contributed by atoms with Crippen LogP contribution in [-0.2, 0) is 9.53 Å². The highest BCUT2D eigenvalue weighted by molar-refractivity contribution is 5.83. The Morgan fingerprint density at radius 2 is 1.57 bits per heavy atom. The Morgan fingerprint density at radius 3 is 1.95 bits per heavy atom. The van der Waals surface area contributed by atoms with Crippen LogP contribution in [0.25, 0.3) is 0 Å². The summed E-state index contributed by atoms with van der Waals surface area (Å²) in [6, 6.07) is 7.25.